The van der Waals surface area contributed by atoms with Crippen LogP contribution in [0.4, 0.5) is 0 Å². The second kappa shape index (κ2) is 6.48. The Balaban J connectivity index is 2.45. The van der Waals surface area contributed by atoms with E-state index in [0.29, 0.717) is 24.0 Å². The predicted molar refractivity (Wildman–Crippen MR) is 86.6 cm³/mol. The van der Waals surface area contributed by atoms with Gasteiger partial charge in [-0.05, 0) is 43.0 Å². The van der Waals surface area contributed by atoms with Crippen molar-refractivity contribution < 1.29 is 4.42 Å². The Hall–Kier alpha value is -1.55. The number of benzene rings is 1. The Morgan fingerprint density at radius 1 is 1.29 bits per heavy atom. The van der Waals surface area contributed by atoms with E-state index >= 15 is 0 Å². The van der Waals surface area contributed by atoms with Gasteiger partial charge >= 0.3 is 5.76 Å². The molecule has 0 radical (unpaired) electrons. The van der Waals surface area contributed by atoms with Gasteiger partial charge in [-0.3, -0.25) is 4.57 Å². The molecule has 4 nitrogen and oxygen atoms in total. The fourth-order valence-electron chi connectivity index (χ4n) is 2.83. The van der Waals surface area contributed by atoms with Crippen molar-refractivity contribution in [1.29, 1.82) is 0 Å². The van der Waals surface area contributed by atoms with E-state index < -0.39 is 0 Å². The van der Waals surface area contributed by atoms with Crippen molar-refractivity contribution in [2.45, 2.75) is 46.7 Å². The number of oxazole rings is 1. The Morgan fingerprint density at radius 2 is 2.00 bits per heavy atom. The van der Waals surface area contributed by atoms with Crippen molar-refractivity contribution in [3.8, 4) is 0 Å². The monoisotopic (exact) mass is 290 g/mol. The van der Waals surface area contributed by atoms with Gasteiger partial charge in [0.1, 0.15) is 0 Å². The summed E-state index contributed by atoms with van der Waals surface area (Å²) in [6.07, 6.45) is 0.916. The topological polar surface area (TPSA) is 47.2 Å². The first-order chi connectivity index (χ1) is 9.99. The number of rotatable bonds is 6. The first-order valence-electron chi connectivity index (χ1n) is 7.80. The standard InChI is InChI=1S/C17H26N2O2/c1-6-9-19-14-8-7-13(10-15(14)21-17(19)20)16(18-5)12(4)11(2)3/h7-8,10-12,16,18H,6,9H2,1-5H3. The molecule has 2 atom stereocenters. The van der Waals surface area contributed by atoms with E-state index in [1.807, 2.05) is 19.2 Å². The molecule has 0 bridgehead atoms. The van der Waals surface area contributed by atoms with E-state index in [2.05, 4.69) is 39.1 Å². The number of aryl methyl sites for hydroxylation is 1. The van der Waals surface area contributed by atoms with E-state index in [1.165, 1.54) is 5.56 Å². The largest absolute Gasteiger partial charge is 0.419 e. The molecule has 0 saturated carbocycles. The minimum Gasteiger partial charge on any atom is -0.408 e. The molecule has 116 valence electrons. The van der Waals surface area contributed by atoms with Crippen LogP contribution in [0.2, 0.25) is 0 Å². The maximum atomic E-state index is 11.9. The number of hydrogen-bond acceptors (Lipinski definition) is 3. The molecule has 1 aromatic heterocycles. The molecular weight excluding hydrogens is 264 g/mol. The number of hydrogen-bond donors (Lipinski definition) is 1. The smallest absolute Gasteiger partial charge is 0.408 e. The zero-order valence-corrected chi connectivity index (χ0v) is 13.6. The number of nitrogens with zero attached hydrogens (tertiary/aromatic N) is 1. The van der Waals surface area contributed by atoms with Gasteiger partial charge < -0.3 is 9.73 Å². The SMILES string of the molecule is CCCn1c(=O)oc2cc(C(NC)C(C)C(C)C)ccc21. The summed E-state index contributed by atoms with van der Waals surface area (Å²) in [5, 5.41) is 3.38. The van der Waals surface area contributed by atoms with Crippen molar-refractivity contribution in [2.75, 3.05) is 7.05 Å². The third-order valence-electron chi connectivity index (χ3n) is 4.39. The Kier molecular flexibility index (Phi) is 4.88. The normalized spacial score (nSPS) is 14.8. The van der Waals surface area contributed by atoms with Gasteiger partial charge in [0.2, 0.25) is 0 Å². The van der Waals surface area contributed by atoms with E-state index in [9.17, 15) is 4.79 Å². The summed E-state index contributed by atoms with van der Waals surface area (Å²) in [4.78, 5) is 11.9. The molecule has 4 heteroatoms. The quantitative estimate of drug-likeness (QED) is 0.885. The molecule has 1 heterocycles. The van der Waals surface area contributed by atoms with Crippen molar-refractivity contribution >= 4 is 11.1 Å². The molecule has 2 aromatic rings. The lowest BCUT2D eigenvalue weighted by atomic mass is 9.86. The highest BCUT2D eigenvalue weighted by molar-refractivity contribution is 5.74. The molecular formula is C17H26N2O2. The summed E-state index contributed by atoms with van der Waals surface area (Å²) < 4.78 is 7.11. The van der Waals surface area contributed by atoms with E-state index in [1.54, 1.807) is 4.57 Å². The van der Waals surface area contributed by atoms with Crippen LogP contribution in [0.25, 0.3) is 11.1 Å². The summed E-state index contributed by atoms with van der Waals surface area (Å²) in [5.41, 5.74) is 2.74. The molecule has 0 aliphatic rings. The summed E-state index contributed by atoms with van der Waals surface area (Å²) in [6.45, 7) is 9.45. The maximum absolute atomic E-state index is 11.9. The van der Waals surface area contributed by atoms with Crippen LogP contribution < -0.4 is 11.1 Å². The molecule has 0 fully saturated rings. The van der Waals surface area contributed by atoms with E-state index in [4.69, 9.17) is 4.42 Å². The summed E-state index contributed by atoms with van der Waals surface area (Å²) in [5.74, 6) is 0.814. The highest BCUT2D eigenvalue weighted by Crippen LogP contribution is 2.29. The lowest BCUT2D eigenvalue weighted by molar-refractivity contribution is 0.317. The van der Waals surface area contributed by atoms with Crippen molar-refractivity contribution in [1.82, 2.24) is 9.88 Å². The van der Waals surface area contributed by atoms with Crippen LogP contribution >= 0.6 is 0 Å². The fourth-order valence-corrected chi connectivity index (χ4v) is 2.83. The van der Waals surface area contributed by atoms with Gasteiger partial charge in [0.15, 0.2) is 5.58 Å². The predicted octanol–water partition coefficient (Wildman–Crippen LogP) is 3.56. The summed E-state index contributed by atoms with van der Waals surface area (Å²) in [7, 11) is 1.98. The maximum Gasteiger partial charge on any atom is 0.419 e. The third kappa shape index (κ3) is 3.05. The molecule has 1 aromatic carbocycles. The third-order valence-corrected chi connectivity index (χ3v) is 4.39. The molecule has 2 unspecified atom stereocenters. The summed E-state index contributed by atoms with van der Waals surface area (Å²) >= 11 is 0. The van der Waals surface area contributed by atoms with Crippen molar-refractivity contribution in [3.63, 3.8) is 0 Å². The van der Waals surface area contributed by atoms with E-state index in [-0.39, 0.29) is 11.8 Å². The highest BCUT2D eigenvalue weighted by atomic mass is 16.4. The number of aromatic nitrogens is 1. The molecule has 0 aliphatic heterocycles. The molecule has 21 heavy (non-hydrogen) atoms. The van der Waals surface area contributed by atoms with Crippen LogP contribution in [-0.2, 0) is 6.54 Å². The first-order valence-corrected chi connectivity index (χ1v) is 7.80. The summed E-state index contributed by atoms with van der Waals surface area (Å²) in [6, 6.07) is 6.36. The molecule has 0 saturated heterocycles. The molecule has 0 aliphatic carbocycles. The average Bonchev–Trinajstić information content (AvgIpc) is 2.75. The lowest BCUT2D eigenvalue weighted by Crippen LogP contribution is -2.26. The fraction of sp³-hybridized carbons (Fsp3) is 0.588. The first kappa shape index (κ1) is 15.8. The van der Waals surface area contributed by atoms with E-state index in [0.717, 1.165) is 11.9 Å². The molecule has 1 N–H and O–H groups in total. The van der Waals surface area contributed by atoms with Crippen molar-refractivity contribution in [3.05, 3.63) is 34.3 Å². The highest BCUT2D eigenvalue weighted by Gasteiger charge is 2.21. The van der Waals surface area contributed by atoms with Gasteiger partial charge in [0, 0.05) is 12.6 Å². The number of nitrogens with one attached hydrogen (secondary N) is 1. The molecule has 0 amide bonds. The minimum atomic E-state index is -0.262. The number of fused-ring (bicyclic) bond motifs is 1. The zero-order valence-electron chi connectivity index (χ0n) is 13.6. The lowest BCUT2D eigenvalue weighted by Gasteiger charge is -2.27. The minimum absolute atomic E-state index is 0.259. The molecule has 0 spiro atoms. The van der Waals surface area contributed by atoms with Gasteiger partial charge in [0.25, 0.3) is 0 Å². The Morgan fingerprint density at radius 3 is 2.57 bits per heavy atom. The van der Waals surface area contributed by atoms with Gasteiger partial charge in [-0.1, -0.05) is 33.8 Å². The van der Waals surface area contributed by atoms with Crippen LogP contribution in [0.5, 0.6) is 0 Å². The van der Waals surface area contributed by atoms with Crippen LogP contribution in [0.15, 0.2) is 27.4 Å². The average molecular weight is 290 g/mol. The Labute approximate surface area is 126 Å². The second-order valence-electron chi connectivity index (χ2n) is 6.12. The zero-order chi connectivity index (χ0) is 15.6. The Bertz CT molecular complexity index is 654. The van der Waals surface area contributed by atoms with Crippen LogP contribution in [0.3, 0.4) is 0 Å². The van der Waals surface area contributed by atoms with Gasteiger partial charge in [0.05, 0.1) is 5.52 Å². The van der Waals surface area contributed by atoms with Crippen molar-refractivity contribution in [2.24, 2.45) is 11.8 Å². The second-order valence-corrected chi connectivity index (χ2v) is 6.12. The van der Waals surface area contributed by atoms with Gasteiger partial charge in [-0.2, -0.15) is 0 Å². The van der Waals surface area contributed by atoms with Gasteiger partial charge in [-0.15, -0.1) is 0 Å². The van der Waals surface area contributed by atoms with Crippen LogP contribution in [0, 0.1) is 11.8 Å². The van der Waals surface area contributed by atoms with Gasteiger partial charge in [-0.25, -0.2) is 4.79 Å². The van der Waals surface area contributed by atoms with Crippen LogP contribution in [0.1, 0.15) is 45.7 Å². The van der Waals surface area contributed by atoms with Crippen LogP contribution in [-0.4, -0.2) is 11.6 Å². The molecule has 2 rings (SSSR count).